The second-order valence-electron chi connectivity index (χ2n) is 2.79. The number of carbonyl (C=O) groups is 1. The van der Waals surface area contributed by atoms with Crippen LogP contribution in [0.25, 0.3) is 0 Å². The summed E-state index contributed by atoms with van der Waals surface area (Å²) in [5, 5.41) is 11.6. The fraction of sp³-hybridized carbons (Fsp3) is 0.625. The van der Waals surface area contributed by atoms with E-state index in [0.717, 1.165) is 32.7 Å². The summed E-state index contributed by atoms with van der Waals surface area (Å²) in [4.78, 5) is 12.3. The fourth-order valence-corrected chi connectivity index (χ4v) is 1.20. The van der Waals surface area contributed by atoms with Crippen LogP contribution in [-0.2, 0) is 4.79 Å². The normalized spacial score (nSPS) is 20.0. The van der Waals surface area contributed by atoms with Gasteiger partial charge in [-0.1, -0.05) is 6.08 Å². The van der Waals surface area contributed by atoms with Gasteiger partial charge in [0.25, 0.3) is 0 Å². The van der Waals surface area contributed by atoms with E-state index >= 15 is 0 Å². The quantitative estimate of drug-likeness (QED) is 0.562. The SMILES string of the molecule is O=C(O)C=CCN1CCNCC1. The van der Waals surface area contributed by atoms with Crippen LogP contribution in [-0.4, -0.2) is 48.7 Å². The average molecular weight is 170 g/mol. The molecule has 0 aliphatic carbocycles. The molecule has 1 aliphatic heterocycles. The third kappa shape index (κ3) is 3.50. The minimum Gasteiger partial charge on any atom is -0.478 e. The molecule has 4 heteroatoms. The first-order chi connectivity index (χ1) is 5.79. The molecule has 68 valence electrons. The molecule has 0 saturated carbocycles. The van der Waals surface area contributed by atoms with Crippen molar-refractivity contribution in [2.75, 3.05) is 32.7 Å². The monoisotopic (exact) mass is 170 g/mol. The van der Waals surface area contributed by atoms with Gasteiger partial charge in [0.2, 0.25) is 0 Å². The van der Waals surface area contributed by atoms with Crippen LogP contribution in [0.3, 0.4) is 0 Å². The number of hydrogen-bond donors (Lipinski definition) is 2. The van der Waals surface area contributed by atoms with Gasteiger partial charge in [-0.2, -0.15) is 0 Å². The van der Waals surface area contributed by atoms with Crippen LogP contribution >= 0.6 is 0 Å². The van der Waals surface area contributed by atoms with Gasteiger partial charge in [-0.15, -0.1) is 0 Å². The van der Waals surface area contributed by atoms with Gasteiger partial charge in [-0.3, -0.25) is 4.90 Å². The molecule has 0 unspecified atom stereocenters. The molecule has 1 rings (SSSR count). The Morgan fingerprint density at radius 3 is 2.75 bits per heavy atom. The minimum absolute atomic E-state index is 0.744. The molecule has 4 nitrogen and oxygen atoms in total. The molecule has 1 heterocycles. The molecule has 12 heavy (non-hydrogen) atoms. The predicted octanol–water partition coefficient (Wildman–Crippen LogP) is -0.468. The molecule has 0 spiro atoms. The zero-order valence-electron chi connectivity index (χ0n) is 6.99. The van der Waals surface area contributed by atoms with Crippen LogP contribution in [0.5, 0.6) is 0 Å². The van der Waals surface area contributed by atoms with Crippen LogP contribution in [0, 0.1) is 0 Å². The van der Waals surface area contributed by atoms with Crippen molar-refractivity contribution in [1.29, 1.82) is 0 Å². The maximum absolute atomic E-state index is 10.1. The van der Waals surface area contributed by atoms with Crippen molar-refractivity contribution in [3.63, 3.8) is 0 Å². The molecule has 1 fully saturated rings. The Balaban J connectivity index is 2.17. The molecule has 0 radical (unpaired) electrons. The third-order valence-corrected chi connectivity index (χ3v) is 1.83. The Labute approximate surface area is 71.9 Å². The zero-order chi connectivity index (χ0) is 8.81. The Morgan fingerprint density at radius 1 is 1.50 bits per heavy atom. The van der Waals surface area contributed by atoms with Crippen LogP contribution in [0.15, 0.2) is 12.2 Å². The maximum atomic E-state index is 10.1. The number of piperazine rings is 1. The van der Waals surface area contributed by atoms with Gasteiger partial charge in [0.1, 0.15) is 0 Å². The van der Waals surface area contributed by atoms with Crippen molar-refractivity contribution in [3.8, 4) is 0 Å². The Morgan fingerprint density at radius 2 is 2.17 bits per heavy atom. The highest BCUT2D eigenvalue weighted by Crippen LogP contribution is 1.91. The van der Waals surface area contributed by atoms with Crippen LogP contribution in [0.2, 0.25) is 0 Å². The van der Waals surface area contributed by atoms with Crippen LogP contribution in [0.1, 0.15) is 0 Å². The lowest BCUT2D eigenvalue weighted by atomic mass is 10.3. The summed E-state index contributed by atoms with van der Waals surface area (Å²) in [6.45, 7) is 4.75. The third-order valence-electron chi connectivity index (χ3n) is 1.83. The summed E-state index contributed by atoms with van der Waals surface area (Å²) >= 11 is 0. The zero-order valence-corrected chi connectivity index (χ0v) is 6.99. The summed E-state index contributed by atoms with van der Waals surface area (Å²) < 4.78 is 0. The number of nitrogens with one attached hydrogen (secondary N) is 1. The highest BCUT2D eigenvalue weighted by atomic mass is 16.4. The molecular formula is C8H14N2O2. The number of aliphatic carboxylic acids is 1. The van der Waals surface area contributed by atoms with Crippen LogP contribution < -0.4 is 5.32 Å². The number of carboxylic acids is 1. The van der Waals surface area contributed by atoms with Crippen LogP contribution in [0.4, 0.5) is 0 Å². The smallest absolute Gasteiger partial charge is 0.328 e. The summed E-state index contributed by atoms with van der Waals surface area (Å²) in [6, 6.07) is 0. The van der Waals surface area contributed by atoms with E-state index in [-0.39, 0.29) is 0 Å². The number of nitrogens with zero attached hydrogens (tertiary/aromatic N) is 1. The van der Waals surface area contributed by atoms with Gasteiger partial charge >= 0.3 is 5.97 Å². The second kappa shape index (κ2) is 4.90. The van der Waals surface area contributed by atoms with E-state index < -0.39 is 5.97 Å². The Bertz CT molecular complexity index is 174. The molecular weight excluding hydrogens is 156 g/mol. The summed E-state index contributed by atoms with van der Waals surface area (Å²) in [7, 11) is 0. The van der Waals surface area contributed by atoms with Gasteiger partial charge in [0, 0.05) is 38.8 Å². The molecule has 1 aliphatic rings. The van der Waals surface area contributed by atoms with Gasteiger partial charge in [-0.05, 0) is 0 Å². The molecule has 0 amide bonds. The predicted molar refractivity (Wildman–Crippen MR) is 46.1 cm³/mol. The van der Waals surface area contributed by atoms with Crippen molar-refractivity contribution in [1.82, 2.24) is 10.2 Å². The van der Waals surface area contributed by atoms with Crippen molar-refractivity contribution in [2.24, 2.45) is 0 Å². The molecule has 1 saturated heterocycles. The molecule has 0 aromatic rings. The summed E-state index contributed by atoms with van der Waals surface area (Å²) in [5.41, 5.74) is 0. The Hall–Kier alpha value is -0.870. The van der Waals surface area contributed by atoms with Crippen molar-refractivity contribution in [2.45, 2.75) is 0 Å². The lowest BCUT2D eigenvalue weighted by Crippen LogP contribution is -2.43. The lowest BCUT2D eigenvalue weighted by molar-refractivity contribution is -0.131. The highest BCUT2D eigenvalue weighted by molar-refractivity contribution is 5.79. The number of rotatable bonds is 3. The van der Waals surface area contributed by atoms with Gasteiger partial charge in [0.15, 0.2) is 0 Å². The van der Waals surface area contributed by atoms with Crippen molar-refractivity contribution >= 4 is 5.97 Å². The van der Waals surface area contributed by atoms with E-state index in [2.05, 4.69) is 10.2 Å². The van der Waals surface area contributed by atoms with E-state index in [1.54, 1.807) is 6.08 Å². The van der Waals surface area contributed by atoms with E-state index in [1.807, 2.05) is 0 Å². The molecule has 2 N–H and O–H groups in total. The maximum Gasteiger partial charge on any atom is 0.328 e. The first-order valence-corrected chi connectivity index (χ1v) is 4.11. The van der Waals surface area contributed by atoms with Gasteiger partial charge in [0.05, 0.1) is 0 Å². The fourth-order valence-electron chi connectivity index (χ4n) is 1.20. The van der Waals surface area contributed by atoms with Gasteiger partial charge < -0.3 is 10.4 Å². The minimum atomic E-state index is -0.870. The van der Waals surface area contributed by atoms with E-state index in [4.69, 9.17) is 5.11 Å². The number of carboxylic acid groups (broad SMARTS) is 1. The van der Waals surface area contributed by atoms with E-state index in [9.17, 15) is 4.79 Å². The molecule has 0 bridgehead atoms. The first-order valence-electron chi connectivity index (χ1n) is 4.11. The molecule has 0 aromatic carbocycles. The summed E-state index contributed by atoms with van der Waals surface area (Å²) in [6.07, 6.45) is 2.88. The van der Waals surface area contributed by atoms with Gasteiger partial charge in [-0.25, -0.2) is 4.79 Å². The summed E-state index contributed by atoms with van der Waals surface area (Å²) in [5.74, 6) is -0.870. The number of hydrogen-bond acceptors (Lipinski definition) is 3. The first kappa shape index (κ1) is 9.22. The Kier molecular flexibility index (Phi) is 3.76. The van der Waals surface area contributed by atoms with Crippen molar-refractivity contribution in [3.05, 3.63) is 12.2 Å². The highest BCUT2D eigenvalue weighted by Gasteiger charge is 2.06. The standard InChI is InChI=1S/C8H14N2O2/c11-8(12)2-1-5-10-6-3-9-4-7-10/h1-2,9H,3-7H2,(H,11,12). The molecule has 0 aromatic heterocycles. The van der Waals surface area contributed by atoms with Crippen molar-refractivity contribution < 1.29 is 9.90 Å². The van der Waals surface area contributed by atoms with E-state index in [1.165, 1.54) is 6.08 Å². The second-order valence-corrected chi connectivity index (χ2v) is 2.79. The topological polar surface area (TPSA) is 52.6 Å². The molecule has 0 atom stereocenters. The lowest BCUT2D eigenvalue weighted by Gasteiger charge is -2.25. The largest absolute Gasteiger partial charge is 0.478 e. The van der Waals surface area contributed by atoms with E-state index in [0.29, 0.717) is 0 Å². The average Bonchev–Trinajstić information content (AvgIpc) is 2.05.